The summed E-state index contributed by atoms with van der Waals surface area (Å²) in [7, 11) is 0. The van der Waals surface area contributed by atoms with Crippen molar-refractivity contribution in [2.24, 2.45) is 0 Å². The lowest BCUT2D eigenvalue weighted by atomic mass is 10.0. The van der Waals surface area contributed by atoms with Crippen LogP contribution in [0.4, 0.5) is 0 Å². The van der Waals surface area contributed by atoms with Crippen molar-refractivity contribution in [2.45, 2.75) is 31.6 Å². The van der Waals surface area contributed by atoms with Crippen molar-refractivity contribution >= 4 is 11.8 Å². The molecule has 4 heteroatoms. The van der Waals surface area contributed by atoms with E-state index in [0.29, 0.717) is 0 Å². The van der Waals surface area contributed by atoms with Crippen LogP contribution in [0.15, 0.2) is 40.0 Å². The van der Waals surface area contributed by atoms with Crippen LogP contribution in [0.5, 0.6) is 0 Å². The molecule has 2 aromatic rings. The molecule has 0 radical (unpaired) electrons. The van der Waals surface area contributed by atoms with Gasteiger partial charge in [-0.05, 0) is 36.8 Å². The van der Waals surface area contributed by atoms with E-state index in [-0.39, 0.29) is 11.1 Å². The molecule has 0 fully saturated rings. The predicted octanol–water partition coefficient (Wildman–Crippen LogP) is 4.11. The van der Waals surface area contributed by atoms with Crippen molar-refractivity contribution in [2.75, 3.05) is 5.75 Å². The number of nitrogens with one attached hydrogen (secondary N) is 1. The molecule has 2 rings (SSSR count). The lowest BCUT2D eigenvalue weighted by Gasteiger charge is -2.11. The summed E-state index contributed by atoms with van der Waals surface area (Å²) in [6.07, 6.45) is 2.31. The molecular weight excluding hydrogens is 280 g/mol. The lowest BCUT2D eigenvalue weighted by molar-refractivity contribution is 0.896. The number of nitrogens with zero attached hydrogens (tertiary/aromatic N) is 1. The molecule has 0 atom stereocenters. The van der Waals surface area contributed by atoms with Crippen LogP contribution in [-0.4, -0.2) is 10.7 Å². The number of H-pyrrole nitrogens is 1. The Labute approximate surface area is 129 Å². The summed E-state index contributed by atoms with van der Waals surface area (Å²) in [5.41, 5.74) is 2.31. The zero-order valence-corrected chi connectivity index (χ0v) is 13.1. The molecule has 0 saturated heterocycles. The number of aryl methyl sites for hydroxylation is 1. The number of aromatic nitrogens is 1. The molecule has 3 nitrogen and oxygen atoms in total. The van der Waals surface area contributed by atoms with Gasteiger partial charge in [0.25, 0.3) is 5.56 Å². The summed E-state index contributed by atoms with van der Waals surface area (Å²) in [6.45, 7) is 4.00. The van der Waals surface area contributed by atoms with Crippen LogP contribution in [0.1, 0.15) is 31.0 Å². The van der Waals surface area contributed by atoms with E-state index in [0.717, 1.165) is 40.3 Å². The standard InChI is InChI=1S/C17H18N2OS/c1-3-4-9-21-16-8-6-5-7-13(16)14-10-12(2)19-17(20)15(14)11-18/h5-8,10H,3-4,9H2,1-2H3,(H,19,20). The topological polar surface area (TPSA) is 56.6 Å². The van der Waals surface area contributed by atoms with Gasteiger partial charge in [0, 0.05) is 16.2 Å². The molecule has 0 bridgehead atoms. The second kappa shape index (κ2) is 7.14. The highest BCUT2D eigenvalue weighted by Gasteiger charge is 2.13. The third-order valence-corrected chi connectivity index (χ3v) is 4.37. The molecule has 0 aliphatic heterocycles. The maximum absolute atomic E-state index is 12.0. The van der Waals surface area contributed by atoms with Gasteiger partial charge in [-0.3, -0.25) is 4.79 Å². The number of thioether (sulfide) groups is 1. The Kier molecular flexibility index (Phi) is 5.24. The number of benzene rings is 1. The molecule has 0 unspecified atom stereocenters. The van der Waals surface area contributed by atoms with Crippen molar-refractivity contribution in [3.8, 4) is 17.2 Å². The summed E-state index contributed by atoms with van der Waals surface area (Å²) < 4.78 is 0. The number of pyridine rings is 1. The van der Waals surface area contributed by atoms with Crippen molar-refractivity contribution < 1.29 is 0 Å². The first kappa shape index (κ1) is 15.4. The average Bonchev–Trinajstić information content (AvgIpc) is 2.47. The maximum atomic E-state index is 12.0. The molecule has 0 amide bonds. The van der Waals surface area contributed by atoms with E-state index in [2.05, 4.69) is 11.9 Å². The molecule has 1 N–H and O–H groups in total. The Balaban J connectivity index is 2.52. The van der Waals surface area contributed by atoms with Gasteiger partial charge in [-0.2, -0.15) is 5.26 Å². The number of nitriles is 1. The molecule has 21 heavy (non-hydrogen) atoms. The van der Waals surface area contributed by atoms with Crippen LogP contribution >= 0.6 is 11.8 Å². The van der Waals surface area contributed by atoms with Crippen molar-refractivity contribution in [1.29, 1.82) is 5.26 Å². The van der Waals surface area contributed by atoms with Gasteiger partial charge in [0.15, 0.2) is 0 Å². The van der Waals surface area contributed by atoms with Crippen molar-refractivity contribution in [3.63, 3.8) is 0 Å². The minimum atomic E-state index is -0.319. The molecule has 1 aromatic heterocycles. The first-order valence-corrected chi connectivity index (χ1v) is 8.02. The van der Waals surface area contributed by atoms with E-state index in [9.17, 15) is 10.1 Å². The van der Waals surface area contributed by atoms with Gasteiger partial charge in [-0.1, -0.05) is 31.5 Å². The Bertz CT molecular complexity index is 728. The second-order valence-corrected chi connectivity index (χ2v) is 6.02. The first-order valence-electron chi connectivity index (χ1n) is 7.03. The molecule has 0 aliphatic carbocycles. The Morgan fingerprint density at radius 3 is 2.76 bits per heavy atom. The zero-order chi connectivity index (χ0) is 15.2. The van der Waals surface area contributed by atoms with Gasteiger partial charge in [-0.25, -0.2) is 0 Å². The fourth-order valence-corrected chi connectivity index (χ4v) is 3.31. The molecule has 108 valence electrons. The maximum Gasteiger partial charge on any atom is 0.266 e. The molecule has 1 aromatic carbocycles. The van der Waals surface area contributed by atoms with Crippen LogP contribution in [0.3, 0.4) is 0 Å². The summed E-state index contributed by atoms with van der Waals surface area (Å²) >= 11 is 1.78. The van der Waals surface area contributed by atoms with Crippen LogP contribution in [0.2, 0.25) is 0 Å². The monoisotopic (exact) mass is 298 g/mol. The molecular formula is C17H18N2OS. The summed E-state index contributed by atoms with van der Waals surface area (Å²) in [4.78, 5) is 15.8. The zero-order valence-electron chi connectivity index (χ0n) is 12.3. The highest BCUT2D eigenvalue weighted by Crippen LogP contribution is 2.33. The molecule has 0 aliphatic rings. The third-order valence-electron chi connectivity index (χ3n) is 3.21. The lowest BCUT2D eigenvalue weighted by Crippen LogP contribution is -2.12. The Morgan fingerprint density at radius 1 is 1.29 bits per heavy atom. The number of hydrogen-bond donors (Lipinski definition) is 1. The van der Waals surface area contributed by atoms with E-state index in [1.807, 2.05) is 43.3 Å². The van der Waals surface area contributed by atoms with Gasteiger partial charge >= 0.3 is 0 Å². The summed E-state index contributed by atoms with van der Waals surface area (Å²) in [6, 6.07) is 11.9. The van der Waals surface area contributed by atoms with Crippen molar-refractivity contribution in [3.05, 3.63) is 51.9 Å². The Hall–Kier alpha value is -1.99. The van der Waals surface area contributed by atoms with Crippen molar-refractivity contribution in [1.82, 2.24) is 4.98 Å². The van der Waals surface area contributed by atoms with Crippen LogP contribution in [0, 0.1) is 18.3 Å². The molecule has 0 spiro atoms. The highest BCUT2D eigenvalue weighted by atomic mass is 32.2. The van der Waals surface area contributed by atoms with E-state index < -0.39 is 0 Å². The SMILES string of the molecule is CCCCSc1ccccc1-c1cc(C)[nH]c(=O)c1C#N. The summed E-state index contributed by atoms with van der Waals surface area (Å²) in [5, 5.41) is 9.28. The van der Waals surface area contributed by atoms with Gasteiger partial charge < -0.3 is 4.98 Å². The van der Waals surface area contributed by atoms with Crippen LogP contribution in [-0.2, 0) is 0 Å². The van der Waals surface area contributed by atoms with E-state index in [1.165, 1.54) is 0 Å². The van der Waals surface area contributed by atoms with Crippen LogP contribution < -0.4 is 5.56 Å². The number of unbranched alkanes of at least 4 members (excludes halogenated alkanes) is 1. The van der Waals surface area contributed by atoms with E-state index >= 15 is 0 Å². The number of rotatable bonds is 5. The number of aromatic amines is 1. The van der Waals surface area contributed by atoms with E-state index in [1.54, 1.807) is 11.8 Å². The van der Waals surface area contributed by atoms with Gasteiger partial charge in [0.1, 0.15) is 11.6 Å². The average molecular weight is 298 g/mol. The van der Waals surface area contributed by atoms with Gasteiger partial charge in [-0.15, -0.1) is 11.8 Å². The quantitative estimate of drug-likeness (QED) is 0.667. The highest BCUT2D eigenvalue weighted by molar-refractivity contribution is 7.99. The molecule has 1 heterocycles. The molecule has 0 saturated carbocycles. The fourth-order valence-electron chi connectivity index (χ4n) is 2.15. The largest absolute Gasteiger partial charge is 0.325 e. The number of hydrogen-bond acceptors (Lipinski definition) is 3. The third kappa shape index (κ3) is 3.56. The van der Waals surface area contributed by atoms with Gasteiger partial charge in [0.05, 0.1) is 0 Å². The Morgan fingerprint density at radius 2 is 2.05 bits per heavy atom. The smallest absolute Gasteiger partial charge is 0.266 e. The first-order chi connectivity index (χ1) is 10.2. The second-order valence-electron chi connectivity index (χ2n) is 4.88. The normalized spacial score (nSPS) is 10.3. The van der Waals surface area contributed by atoms with Crippen LogP contribution in [0.25, 0.3) is 11.1 Å². The minimum Gasteiger partial charge on any atom is -0.325 e. The summed E-state index contributed by atoms with van der Waals surface area (Å²) in [5.74, 6) is 1.04. The fraction of sp³-hybridized carbons (Fsp3) is 0.294. The van der Waals surface area contributed by atoms with E-state index in [4.69, 9.17) is 0 Å². The van der Waals surface area contributed by atoms with Gasteiger partial charge in [0.2, 0.25) is 0 Å². The minimum absolute atomic E-state index is 0.184. The predicted molar refractivity (Wildman–Crippen MR) is 87.6 cm³/mol.